The Balaban J connectivity index is 0.00000451. The van der Waals surface area contributed by atoms with Gasteiger partial charge in [-0.25, -0.2) is 4.79 Å². The van der Waals surface area contributed by atoms with Crippen molar-refractivity contribution in [1.82, 2.24) is 10.2 Å². The van der Waals surface area contributed by atoms with Crippen molar-refractivity contribution in [2.75, 3.05) is 25.1 Å². The van der Waals surface area contributed by atoms with Crippen LogP contribution in [0.15, 0.2) is 42.5 Å². The first-order valence-corrected chi connectivity index (χ1v) is 19.3. The second kappa shape index (κ2) is 16.5. The molecule has 2 aromatic carbocycles. The number of carboxylic acids is 1. The van der Waals surface area contributed by atoms with Crippen LogP contribution < -0.4 is 29.3 Å². The zero-order valence-corrected chi connectivity index (χ0v) is 30.0. The first kappa shape index (κ1) is 36.9. The largest absolute Gasteiger partial charge is 1.00 e. The summed E-state index contributed by atoms with van der Waals surface area (Å²) in [6.45, 7) is 3.30. The minimum absolute atomic E-state index is 0. The van der Waals surface area contributed by atoms with Gasteiger partial charge in [-0.1, -0.05) is 55.7 Å². The van der Waals surface area contributed by atoms with Crippen molar-refractivity contribution in [2.24, 2.45) is 23.7 Å². The van der Waals surface area contributed by atoms with Gasteiger partial charge in [0, 0.05) is 18.7 Å². The Kier molecular flexibility index (Phi) is 12.7. The Morgan fingerprint density at radius 2 is 1.65 bits per heavy atom. The zero-order valence-electron chi connectivity index (χ0n) is 29.1. The average Bonchev–Trinajstić information content (AvgIpc) is 3.04. The number of hydrogen-bond acceptors (Lipinski definition) is 6. The summed E-state index contributed by atoms with van der Waals surface area (Å²) in [4.78, 5) is 41.4. The molecule has 5 fully saturated rings. The van der Waals surface area contributed by atoms with E-state index in [-0.39, 0.29) is 30.6 Å². The van der Waals surface area contributed by atoms with Gasteiger partial charge in [0.2, 0.25) is 0 Å². The summed E-state index contributed by atoms with van der Waals surface area (Å²) in [5, 5.41) is 14.5. The summed E-state index contributed by atoms with van der Waals surface area (Å²) in [6.07, 6.45) is 15.8. The molecule has 2 amide bonds. The first-order valence-electron chi connectivity index (χ1n) is 17.9. The Labute approximate surface area is 302 Å². The van der Waals surface area contributed by atoms with E-state index in [1.165, 1.54) is 50.3 Å². The molecule has 0 aromatic heterocycles. The van der Waals surface area contributed by atoms with Crippen LogP contribution in [0.5, 0.6) is 0 Å². The number of thioether (sulfide) groups is 1. The van der Waals surface area contributed by atoms with Gasteiger partial charge in [0.25, 0.3) is 5.91 Å². The fraction of sp³-hybridized carbons (Fsp3) is 0.615. The number of amides is 2. The number of ether oxygens (including phenoxy) is 1. The standard InChI is InChI=1S/C39H52N2O5S.Li/c1-26-8-6-7-11-32(26)34-21-27(12-13-33(34)36(42)40-35(37(43)44)15-17-47-2)14-16-41(25-28-9-4-3-5-10-28)38(45)46-39-22-29-18-30(23-39)20-31(19-29)24-39;/h6-8,11-13,21,28-31,35H,3-5,9-10,14-20,22-25H2,1-2H3,(H,40,42)(H,43,44);/q;+1/p-1. The predicted molar refractivity (Wildman–Crippen MR) is 185 cm³/mol. The molecule has 1 unspecified atom stereocenters. The first-order chi connectivity index (χ1) is 22.7. The zero-order chi connectivity index (χ0) is 33.0. The molecule has 4 bridgehead atoms. The van der Waals surface area contributed by atoms with Gasteiger partial charge in [-0.3, -0.25) is 4.79 Å². The van der Waals surface area contributed by atoms with Gasteiger partial charge < -0.3 is 24.9 Å². The van der Waals surface area contributed by atoms with E-state index >= 15 is 0 Å². The molecule has 5 aliphatic carbocycles. The molecular formula is C39H51LiN2O5S. The van der Waals surface area contributed by atoms with E-state index in [0.717, 1.165) is 60.9 Å². The van der Waals surface area contributed by atoms with Gasteiger partial charge >= 0.3 is 25.0 Å². The quantitative estimate of drug-likeness (QED) is 0.327. The minimum atomic E-state index is -1.28. The molecule has 0 heterocycles. The number of carboxylic acid groups (broad SMARTS) is 1. The third-order valence-corrected chi connectivity index (χ3v) is 12.0. The van der Waals surface area contributed by atoms with E-state index in [2.05, 4.69) is 5.32 Å². The van der Waals surface area contributed by atoms with E-state index in [9.17, 15) is 19.5 Å². The summed E-state index contributed by atoms with van der Waals surface area (Å²) < 4.78 is 6.57. The molecule has 254 valence electrons. The maximum absolute atomic E-state index is 14.0. The van der Waals surface area contributed by atoms with Crippen LogP contribution in [0.2, 0.25) is 0 Å². The van der Waals surface area contributed by atoms with Crippen LogP contribution in [0.25, 0.3) is 11.1 Å². The number of benzene rings is 2. The molecule has 5 saturated carbocycles. The van der Waals surface area contributed by atoms with Gasteiger partial charge in [-0.15, -0.1) is 0 Å². The Bertz CT molecular complexity index is 1410. The second-order valence-electron chi connectivity index (χ2n) is 15.0. The number of rotatable bonds is 13. The van der Waals surface area contributed by atoms with Crippen molar-refractivity contribution in [3.8, 4) is 11.1 Å². The molecule has 9 heteroatoms. The minimum Gasteiger partial charge on any atom is -0.548 e. The molecule has 48 heavy (non-hydrogen) atoms. The van der Waals surface area contributed by atoms with E-state index < -0.39 is 17.9 Å². The second-order valence-corrected chi connectivity index (χ2v) is 16.0. The van der Waals surface area contributed by atoms with Crippen molar-refractivity contribution in [1.29, 1.82) is 0 Å². The molecule has 0 saturated heterocycles. The molecule has 1 N–H and O–H groups in total. The summed E-state index contributed by atoms with van der Waals surface area (Å²) in [7, 11) is 0. The molecule has 0 aliphatic heterocycles. The predicted octanol–water partition coefficient (Wildman–Crippen LogP) is 3.80. The molecule has 7 rings (SSSR count). The van der Waals surface area contributed by atoms with Gasteiger partial charge in [0.1, 0.15) is 5.60 Å². The fourth-order valence-electron chi connectivity index (χ4n) is 9.37. The van der Waals surface area contributed by atoms with Crippen molar-refractivity contribution in [2.45, 2.75) is 102 Å². The van der Waals surface area contributed by atoms with Crippen LogP contribution in [0.1, 0.15) is 98.5 Å². The number of aliphatic carboxylic acids is 1. The Morgan fingerprint density at radius 1 is 0.979 bits per heavy atom. The number of carbonyl (C=O) groups is 3. The fourth-order valence-corrected chi connectivity index (χ4v) is 9.84. The molecule has 5 aliphatic rings. The van der Waals surface area contributed by atoms with Crippen molar-refractivity contribution < 1.29 is 43.1 Å². The number of hydrogen-bond donors (Lipinski definition) is 1. The van der Waals surface area contributed by atoms with Gasteiger partial charge in [0.05, 0.1) is 12.0 Å². The molecule has 2 aromatic rings. The normalized spacial score (nSPS) is 25.2. The topological polar surface area (TPSA) is 98.8 Å². The molecule has 1 atom stereocenters. The molecular weight excluding hydrogens is 615 g/mol. The third kappa shape index (κ3) is 8.84. The Morgan fingerprint density at radius 3 is 2.27 bits per heavy atom. The molecule has 7 nitrogen and oxygen atoms in total. The van der Waals surface area contributed by atoms with Crippen molar-refractivity contribution in [3.05, 3.63) is 59.2 Å². The third-order valence-electron chi connectivity index (χ3n) is 11.4. The maximum Gasteiger partial charge on any atom is 1.00 e. The van der Waals surface area contributed by atoms with Crippen LogP contribution in [0.4, 0.5) is 4.79 Å². The van der Waals surface area contributed by atoms with Crippen LogP contribution in [-0.4, -0.2) is 59.6 Å². The number of nitrogens with zero attached hydrogens (tertiary/aromatic N) is 1. The monoisotopic (exact) mass is 666 g/mol. The van der Waals surface area contributed by atoms with Gasteiger partial charge in [-0.05, 0) is 135 Å². The summed E-state index contributed by atoms with van der Waals surface area (Å²) in [6, 6.07) is 12.6. The van der Waals surface area contributed by atoms with Crippen LogP contribution in [0, 0.1) is 30.6 Å². The van der Waals surface area contributed by atoms with E-state index in [0.29, 0.717) is 54.4 Å². The average molecular weight is 667 g/mol. The van der Waals surface area contributed by atoms with Crippen LogP contribution >= 0.6 is 11.8 Å². The van der Waals surface area contributed by atoms with Crippen LogP contribution in [0.3, 0.4) is 0 Å². The smallest absolute Gasteiger partial charge is 0.548 e. The summed E-state index contributed by atoms with van der Waals surface area (Å²) in [5.74, 6) is 1.54. The van der Waals surface area contributed by atoms with Gasteiger partial charge in [0.15, 0.2) is 0 Å². The summed E-state index contributed by atoms with van der Waals surface area (Å²) in [5.41, 5.74) is 3.89. The number of aryl methyl sites for hydroxylation is 1. The van der Waals surface area contributed by atoms with Crippen LogP contribution in [-0.2, 0) is 16.0 Å². The van der Waals surface area contributed by atoms with Crippen molar-refractivity contribution in [3.63, 3.8) is 0 Å². The van der Waals surface area contributed by atoms with E-state index in [1.54, 1.807) is 6.07 Å². The molecule has 0 spiro atoms. The SMILES string of the molecule is CSCCC(NC(=O)c1ccc(CCN(CC2CCCCC2)C(=O)OC23CC4CC(CC(C4)C2)C3)cc1-c1ccccc1C)C(=O)[O-].[Li+]. The van der Waals surface area contributed by atoms with Crippen molar-refractivity contribution >= 4 is 29.7 Å². The van der Waals surface area contributed by atoms with Gasteiger partial charge in [-0.2, -0.15) is 11.8 Å². The molecule has 0 radical (unpaired) electrons. The van der Waals surface area contributed by atoms with E-state index in [1.807, 2.05) is 54.5 Å². The Hall–Kier alpha value is -2.40. The maximum atomic E-state index is 14.0. The van der Waals surface area contributed by atoms with E-state index in [4.69, 9.17) is 4.74 Å². The summed E-state index contributed by atoms with van der Waals surface area (Å²) >= 11 is 1.53. The number of carbonyl (C=O) groups excluding carboxylic acids is 3. The number of nitrogens with one attached hydrogen (secondary N) is 1.